The fraction of sp³-hybridized carbons (Fsp3) is 0.560. The van der Waals surface area contributed by atoms with Gasteiger partial charge in [-0.3, -0.25) is 24.0 Å². The second-order valence-corrected chi connectivity index (χ2v) is 9.49. The van der Waals surface area contributed by atoms with Crippen molar-refractivity contribution in [2.45, 2.75) is 64.9 Å². The number of ether oxygens (including phenoxy) is 1. The topological polar surface area (TPSA) is 185 Å². The molecule has 0 heterocycles. The van der Waals surface area contributed by atoms with Crippen molar-refractivity contribution in [1.29, 1.82) is 0 Å². The van der Waals surface area contributed by atoms with Crippen LogP contribution in [0.2, 0.25) is 0 Å². The first-order valence-corrected chi connectivity index (χ1v) is 12.2. The van der Waals surface area contributed by atoms with Crippen LogP contribution in [0.3, 0.4) is 0 Å². The molecule has 1 unspecified atom stereocenters. The van der Waals surface area contributed by atoms with Crippen LogP contribution in [-0.4, -0.2) is 65.7 Å². The molecule has 0 bridgehead atoms. The van der Waals surface area contributed by atoms with E-state index < -0.39 is 60.4 Å². The number of ketones is 1. The third-order valence-electron chi connectivity index (χ3n) is 6.09. The van der Waals surface area contributed by atoms with E-state index in [-0.39, 0.29) is 38.0 Å². The van der Waals surface area contributed by atoms with E-state index in [2.05, 4.69) is 10.6 Å². The third-order valence-corrected chi connectivity index (χ3v) is 6.09. The van der Waals surface area contributed by atoms with Crippen LogP contribution in [0.25, 0.3) is 0 Å². The van der Waals surface area contributed by atoms with Gasteiger partial charge in [0, 0.05) is 18.8 Å². The normalized spacial score (nSPS) is 14.1. The smallest absolute Gasteiger partial charge is 0.469 e. The highest BCUT2D eigenvalue weighted by atomic mass is 16.5. The second kappa shape index (κ2) is 15.8. The van der Waals surface area contributed by atoms with Gasteiger partial charge in [-0.25, -0.2) is 0 Å². The molecule has 37 heavy (non-hydrogen) atoms. The zero-order valence-electron chi connectivity index (χ0n) is 21.8. The molecular formula is C25H38BN3O8. The molecule has 12 heteroatoms. The van der Waals surface area contributed by atoms with Crippen molar-refractivity contribution in [3.8, 4) is 0 Å². The van der Waals surface area contributed by atoms with E-state index in [4.69, 9.17) is 10.5 Å². The fourth-order valence-electron chi connectivity index (χ4n) is 3.72. The average Bonchev–Trinajstić information content (AvgIpc) is 2.84. The number of nitrogens with two attached hydrogens (primary N) is 1. The first-order chi connectivity index (χ1) is 17.3. The van der Waals surface area contributed by atoms with E-state index in [1.807, 2.05) is 18.2 Å². The van der Waals surface area contributed by atoms with Gasteiger partial charge in [-0.2, -0.15) is 0 Å². The minimum absolute atomic E-state index is 0.0805. The van der Waals surface area contributed by atoms with Gasteiger partial charge < -0.3 is 31.2 Å². The molecule has 0 radical (unpaired) electrons. The van der Waals surface area contributed by atoms with Crippen LogP contribution in [0.1, 0.15) is 52.0 Å². The number of primary amides is 1. The summed E-state index contributed by atoms with van der Waals surface area (Å²) < 4.78 is 4.70. The van der Waals surface area contributed by atoms with Gasteiger partial charge in [0.1, 0.15) is 0 Å². The number of esters is 1. The molecule has 0 saturated carbocycles. The molecule has 1 aromatic rings. The van der Waals surface area contributed by atoms with E-state index >= 15 is 0 Å². The van der Waals surface area contributed by atoms with Crippen LogP contribution in [0.5, 0.6) is 0 Å². The predicted octanol–water partition coefficient (Wildman–Crippen LogP) is -0.0932. The summed E-state index contributed by atoms with van der Waals surface area (Å²) in [5.41, 5.74) is 5.88. The summed E-state index contributed by atoms with van der Waals surface area (Å²) in [7, 11) is -0.681. The minimum atomic E-state index is -1.92. The van der Waals surface area contributed by atoms with Crippen LogP contribution in [0.15, 0.2) is 30.3 Å². The Balaban J connectivity index is 2.99. The van der Waals surface area contributed by atoms with Gasteiger partial charge in [-0.1, -0.05) is 51.1 Å². The van der Waals surface area contributed by atoms with Crippen LogP contribution >= 0.6 is 0 Å². The lowest BCUT2D eigenvalue weighted by Crippen LogP contribution is -2.50. The first-order valence-electron chi connectivity index (χ1n) is 12.2. The Morgan fingerprint density at radius 3 is 2.11 bits per heavy atom. The number of carbonyl (C=O) groups is 5. The summed E-state index contributed by atoms with van der Waals surface area (Å²) >= 11 is 0. The lowest BCUT2D eigenvalue weighted by Gasteiger charge is -2.25. The number of Topliss-reactive ketones (excluding diaryl/α,β-unsaturated/α-hetero) is 1. The second-order valence-electron chi connectivity index (χ2n) is 9.49. The Hall–Kier alpha value is -3.25. The molecule has 1 aromatic carbocycles. The quantitative estimate of drug-likeness (QED) is 0.148. The lowest BCUT2D eigenvalue weighted by atomic mass is 9.76. The van der Waals surface area contributed by atoms with Gasteiger partial charge in [0.2, 0.25) is 17.7 Å². The van der Waals surface area contributed by atoms with E-state index in [1.165, 1.54) is 14.0 Å². The highest BCUT2D eigenvalue weighted by molar-refractivity contribution is 6.43. The van der Waals surface area contributed by atoms with Gasteiger partial charge in [-0.15, -0.1) is 0 Å². The summed E-state index contributed by atoms with van der Waals surface area (Å²) in [5, 5.41) is 24.2. The molecule has 0 aliphatic heterocycles. The van der Waals surface area contributed by atoms with Crippen molar-refractivity contribution >= 4 is 36.6 Å². The fourth-order valence-corrected chi connectivity index (χ4v) is 3.72. The van der Waals surface area contributed by atoms with Crippen molar-refractivity contribution in [2.24, 2.45) is 23.5 Å². The zero-order chi connectivity index (χ0) is 28.1. The maximum Gasteiger partial charge on any atom is 0.475 e. The Morgan fingerprint density at radius 2 is 1.59 bits per heavy atom. The Labute approximate surface area is 217 Å². The highest BCUT2D eigenvalue weighted by Gasteiger charge is 2.32. The van der Waals surface area contributed by atoms with Crippen molar-refractivity contribution in [3.63, 3.8) is 0 Å². The molecular weight excluding hydrogens is 481 g/mol. The first kappa shape index (κ1) is 31.8. The van der Waals surface area contributed by atoms with Crippen molar-refractivity contribution in [2.75, 3.05) is 7.11 Å². The van der Waals surface area contributed by atoms with Crippen LogP contribution in [0.4, 0.5) is 0 Å². The van der Waals surface area contributed by atoms with E-state index in [0.29, 0.717) is 0 Å². The number of methoxy groups -OCH3 is 1. The van der Waals surface area contributed by atoms with Gasteiger partial charge in [0.15, 0.2) is 5.78 Å². The maximum atomic E-state index is 13.3. The SMILES string of the molecule is COC(=O)C[C@H](C(=O)N[C@@H](Cc1ccccc1)C(=O)C[C@@H](C)C(=O)NC(CCC(N)=O)B(O)O)C(C)C. The molecule has 0 fully saturated rings. The van der Waals surface area contributed by atoms with Gasteiger partial charge >= 0.3 is 13.1 Å². The minimum Gasteiger partial charge on any atom is -0.469 e. The molecule has 4 atom stereocenters. The van der Waals surface area contributed by atoms with E-state index in [1.54, 1.807) is 26.0 Å². The summed E-state index contributed by atoms with van der Waals surface area (Å²) in [4.78, 5) is 61.8. The Bertz CT molecular complexity index is 926. The number of hydrogen-bond acceptors (Lipinski definition) is 8. The summed E-state index contributed by atoms with van der Waals surface area (Å²) in [6, 6.07) is 8.08. The van der Waals surface area contributed by atoms with Crippen LogP contribution in [-0.2, 0) is 35.1 Å². The molecule has 6 N–H and O–H groups in total. The number of benzene rings is 1. The van der Waals surface area contributed by atoms with Crippen LogP contribution < -0.4 is 16.4 Å². The van der Waals surface area contributed by atoms with Crippen molar-refractivity contribution in [3.05, 3.63) is 35.9 Å². The van der Waals surface area contributed by atoms with Crippen molar-refractivity contribution in [1.82, 2.24) is 10.6 Å². The van der Waals surface area contributed by atoms with Gasteiger partial charge in [0.25, 0.3) is 0 Å². The molecule has 0 aliphatic carbocycles. The number of amides is 3. The average molecular weight is 519 g/mol. The van der Waals surface area contributed by atoms with E-state index in [0.717, 1.165) is 5.56 Å². The highest BCUT2D eigenvalue weighted by Crippen LogP contribution is 2.18. The summed E-state index contributed by atoms with van der Waals surface area (Å²) in [6.45, 7) is 5.08. The molecule has 0 aliphatic rings. The molecule has 3 amide bonds. The third kappa shape index (κ3) is 11.6. The molecule has 0 saturated heterocycles. The van der Waals surface area contributed by atoms with Gasteiger partial charge in [-0.05, 0) is 24.3 Å². The summed E-state index contributed by atoms with van der Waals surface area (Å²) in [5.74, 6) is -5.60. The maximum absolute atomic E-state index is 13.3. The Kier molecular flexibility index (Phi) is 13.6. The molecule has 0 aromatic heterocycles. The summed E-state index contributed by atoms with van der Waals surface area (Å²) in [6.07, 6.45) is -0.440. The zero-order valence-corrected chi connectivity index (χ0v) is 21.8. The van der Waals surface area contributed by atoms with Crippen LogP contribution in [0, 0.1) is 17.8 Å². The number of rotatable bonds is 16. The molecule has 0 spiro atoms. The number of carbonyl (C=O) groups excluding carboxylic acids is 5. The molecule has 204 valence electrons. The van der Waals surface area contributed by atoms with E-state index in [9.17, 15) is 34.0 Å². The Morgan fingerprint density at radius 1 is 0.973 bits per heavy atom. The molecule has 11 nitrogen and oxygen atoms in total. The van der Waals surface area contributed by atoms with Crippen molar-refractivity contribution < 1.29 is 38.8 Å². The lowest BCUT2D eigenvalue weighted by molar-refractivity contribution is -0.145. The van der Waals surface area contributed by atoms with Gasteiger partial charge in [0.05, 0.1) is 31.4 Å². The predicted molar refractivity (Wildman–Crippen MR) is 136 cm³/mol. The monoisotopic (exact) mass is 519 g/mol. The number of nitrogens with one attached hydrogen (secondary N) is 2. The standard InChI is InChI=1S/C25H38BN3O8/c1-15(2)18(14-23(32)37-4)25(34)28-19(13-17-8-6-5-7-9-17)20(30)12-16(3)24(33)29-21(26(35)36)10-11-22(27)31/h5-9,15-16,18-19,21,35-36H,10-14H2,1-4H3,(H2,27,31)(H,28,34)(H,29,33)/t16-,18+,19+,21?/m1/s1. The largest absolute Gasteiger partial charge is 0.475 e. The molecule has 1 rings (SSSR count). The number of hydrogen-bond donors (Lipinski definition) is 5.